The van der Waals surface area contributed by atoms with Crippen LogP contribution in [0.4, 0.5) is 0 Å². The average molecular weight is 289 g/mol. The lowest BCUT2D eigenvalue weighted by atomic mass is 10.1. The van der Waals surface area contributed by atoms with Gasteiger partial charge in [0.1, 0.15) is 4.99 Å². The maximum absolute atomic E-state index is 5.87. The molecule has 0 spiro atoms. The van der Waals surface area contributed by atoms with Gasteiger partial charge in [0.2, 0.25) is 0 Å². The number of aryl methyl sites for hydroxylation is 2. The molecule has 2 N–H and O–H groups in total. The van der Waals surface area contributed by atoms with Crippen LogP contribution in [0.5, 0.6) is 0 Å². The van der Waals surface area contributed by atoms with E-state index in [0.29, 0.717) is 10.8 Å². The molecule has 0 saturated heterocycles. The zero-order valence-corrected chi connectivity index (χ0v) is 13.3. The van der Waals surface area contributed by atoms with Crippen molar-refractivity contribution < 1.29 is 0 Å². The van der Waals surface area contributed by atoms with Crippen molar-refractivity contribution in [1.82, 2.24) is 20.0 Å². The Labute approximate surface area is 124 Å². The second kappa shape index (κ2) is 5.28. The first-order chi connectivity index (χ1) is 9.38. The fourth-order valence-electron chi connectivity index (χ4n) is 2.43. The molecule has 5 nitrogen and oxygen atoms in total. The van der Waals surface area contributed by atoms with E-state index in [2.05, 4.69) is 22.2 Å². The van der Waals surface area contributed by atoms with E-state index in [1.54, 1.807) is 4.68 Å². The van der Waals surface area contributed by atoms with Gasteiger partial charge in [0.15, 0.2) is 5.82 Å². The minimum Gasteiger partial charge on any atom is -0.389 e. The van der Waals surface area contributed by atoms with Crippen LogP contribution in [0.1, 0.15) is 40.7 Å². The summed E-state index contributed by atoms with van der Waals surface area (Å²) in [6.45, 7) is 9.99. The first kappa shape index (κ1) is 14.6. The highest BCUT2D eigenvalue weighted by Gasteiger charge is 2.19. The number of aromatic nitrogens is 4. The molecule has 2 aromatic rings. The second-order valence-corrected chi connectivity index (χ2v) is 5.33. The summed E-state index contributed by atoms with van der Waals surface area (Å²) in [7, 11) is 0. The Kier molecular flexibility index (Phi) is 3.85. The van der Waals surface area contributed by atoms with Crippen LogP contribution in [0.3, 0.4) is 0 Å². The highest BCUT2D eigenvalue weighted by Crippen LogP contribution is 2.22. The van der Waals surface area contributed by atoms with Crippen molar-refractivity contribution >= 4 is 17.2 Å². The van der Waals surface area contributed by atoms with Crippen LogP contribution in [0.25, 0.3) is 5.82 Å². The molecule has 0 amide bonds. The van der Waals surface area contributed by atoms with Crippen LogP contribution in [-0.2, 0) is 6.42 Å². The van der Waals surface area contributed by atoms with Crippen LogP contribution in [0.2, 0.25) is 0 Å². The lowest BCUT2D eigenvalue weighted by Gasteiger charge is -2.12. The quantitative estimate of drug-likeness (QED) is 0.876. The highest BCUT2D eigenvalue weighted by atomic mass is 32.1. The zero-order valence-electron chi connectivity index (χ0n) is 12.5. The van der Waals surface area contributed by atoms with Crippen molar-refractivity contribution in [2.75, 3.05) is 0 Å². The zero-order chi connectivity index (χ0) is 15.0. The predicted molar refractivity (Wildman–Crippen MR) is 83.4 cm³/mol. The molecule has 0 saturated carbocycles. The third-order valence-corrected chi connectivity index (χ3v) is 3.88. The summed E-state index contributed by atoms with van der Waals surface area (Å²) in [5.41, 5.74) is 11.7. The maximum atomic E-state index is 5.87. The normalized spacial score (nSPS) is 10.8. The van der Waals surface area contributed by atoms with Gasteiger partial charge in [0.05, 0.1) is 17.0 Å². The van der Waals surface area contributed by atoms with Crippen LogP contribution in [0.15, 0.2) is 0 Å². The summed E-state index contributed by atoms with van der Waals surface area (Å²) in [6.07, 6.45) is 0.929. The lowest BCUT2D eigenvalue weighted by molar-refractivity contribution is 0.769. The molecule has 0 fully saturated rings. The van der Waals surface area contributed by atoms with Gasteiger partial charge in [-0.25, -0.2) is 4.68 Å². The maximum Gasteiger partial charge on any atom is 0.186 e. The van der Waals surface area contributed by atoms with Gasteiger partial charge in [-0.1, -0.05) is 19.1 Å². The highest BCUT2D eigenvalue weighted by molar-refractivity contribution is 7.80. The lowest BCUT2D eigenvalue weighted by Crippen LogP contribution is -2.19. The summed E-state index contributed by atoms with van der Waals surface area (Å²) in [6, 6.07) is 0. The number of hydrogen-bond acceptors (Lipinski definition) is 4. The Morgan fingerprint density at radius 1 is 1.15 bits per heavy atom. The van der Waals surface area contributed by atoms with Gasteiger partial charge < -0.3 is 5.73 Å². The Morgan fingerprint density at radius 2 is 1.80 bits per heavy atom. The second-order valence-electron chi connectivity index (χ2n) is 4.89. The smallest absolute Gasteiger partial charge is 0.186 e. The van der Waals surface area contributed by atoms with Crippen molar-refractivity contribution in [2.24, 2.45) is 5.73 Å². The molecule has 0 aliphatic rings. The molecule has 0 aliphatic heterocycles. The molecule has 0 atom stereocenters. The molecule has 20 heavy (non-hydrogen) atoms. The molecule has 0 unspecified atom stereocenters. The molecule has 0 aliphatic carbocycles. The van der Waals surface area contributed by atoms with E-state index in [1.807, 2.05) is 27.7 Å². The van der Waals surface area contributed by atoms with Gasteiger partial charge in [0, 0.05) is 5.69 Å². The summed E-state index contributed by atoms with van der Waals surface area (Å²) in [4.78, 5) is 0.320. The van der Waals surface area contributed by atoms with Crippen LogP contribution in [-0.4, -0.2) is 25.0 Å². The van der Waals surface area contributed by atoms with E-state index in [4.69, 9.17) is 18.0 Å². The average Bonchev–Trinajstić information content (AvgIpc) is 2.67. The Bertz CT molecular complexity index is 687. The number of hydrogen-bond donors (Lipinski definition) is 1. The summed E-state index contributed by atoms with van der Waals surface area (Å²) in [5, 5.41) is 13.0. The molecular formula is C14H19N5S. The van der Waals surface area contributed by atoms with Crippen molar-refractivity contribution in [3.8, 4) is 5.82 Å². The van der Waals surface area contributed by atoms with E-state index >= 15 is 0 Å². The van der Waals surface area contributed by atoms with E-state index in [1.165, 1.54) is 5.56 Å². The molecule has 0 bridgehead atoms. The molecule has 0 aromatic carbocycles. The molecule has 106 valence electrons. The summed E-state index contributed by atoms with van der Waals surface area (Å²) < 4.78 is 1.79. The fourth-order valence-corrected chi connectivity index (χ4v) is 2.68. The van der Waals surface area contributed by atoms with Gasteiger partial charge in [-0.15, -0.1) is 5.10 Å². The predicted octanol–water partition coefficient (Wildman–Crippen LogP) is 2.09. The number of thiocarbonyl (C=S) groups is 1. The van der Waals surface area contributed by atoms with Gasteiger partial charge in [-0.05, 0) is 45.2 Å². The number of nitrogens with zero attached hydrogens (tertiary/aromatic N) is 4. The van der Waals surface area contributed by atoms with Crippen molar-refractivity contribution in [3.05, 3.63) is 33.8 Å². The molecule has 2 heterocycles. The third-order valence-electron chi connectivity index (χ3n) is 3.68. The molecular weight excluding hydrogens is 270 g/mol. The van der Waals surface area contributed by atoms with Crippen molar-refractivity contribution in [2.45, 2.75) is 41.0 Å². The topological polar surface area (TPSA) is 69.6 Å². The van der Waals surface area contributed by atoms with E-state index < -0.39 is 0 Å². The van der Waals surface area contributed by atoms with Gasteiger partial charge in [-0.3, -0.25) is 0 Å². The molecule has 0 radical (unpaired) electrons. The van der Waals surface area contributed by atoms with E-state index in [0.717, 1.165) is 34.6 Å². The summed E-state index contributed by atoms with van der Waals surface area (Å²) in [5.74, 6) is 0.612. The summed E-state index contributed by atoms with van der Waals surface area (Å²) >= 11 is 5.18. The largest absolute Gasteiger partial charge is 0.389 e. The Hall–Kier alpha value is -1.82. The monoisotopic (exact) mass is 289 g/mol. The molecule has 2 aromatic heterocycles. The van der Waals surface area contributed by atoms with Crippen LogP contribution in [0, 0.1) is 27.7 Å². The minimum atomic E-state index is 0.320. The van der Waals surface area contributed by atoms with Gasteiger partial charge in [-0.2, -0.15) is 10.2 Å². The van der Waals surface area contributed by atoms with Crippen molar-refractivity contribution in [3.63, 3.8) is 0 Å². The number of nitrogens with two attached hydrogens (primary N) is 1. The van der Waals surface area contributed by atoms with Crippen LogP contribution >= 0.6 is 12.2 Å². The third kappa shape index (κ3) is 2.20. The fraction of sp³-hybridized carbons (Fsp3) is 0.429. The SMILES string of the molecule is CCc1c(C)nn(-c2nnc(C)c(C)c2C(N)=S)c1C. The van der Waals surface area contributed by atoms with Gasteiger partial charge >= 0.3 is 0 Å². The first-order valence-electron chi connectivity index (χ1n) is 6.57. The number of rotatable bonds is 3. The standard InChI is InChI=1S/C14H19N5S/c1-6-11-9(4)18-19(10(11)5)14-12(13(15)20)7(2)8(3)16-17-14/h6H2,1-5H3,(H2,15,20). The Morgan fingerprint density at radius 3 is 2.30 bits per heavy atom. The molecule has 2 rings (SSSR count). The van der Waals surface area contributed by atoms with E-state index in [-0.39, 0.29) is 0 Å². The van der Waals surface area contributed by atoms with Crippen LogP contribution < -0.4 is 5.73 Å². The van der Waals surface area contributed by atoms with Gasteiger partial charge in [0.25, 0.3) is 0 Å². The Balaban J connectivity index is 2.77. The van der Waals surface area contributed by atoms with E-state index in [9.17, 15) is 0 Å². The minimum absolute atomic E-state index is 0.320. The molecule has 6 heteroatoms. The van der Waals surface area contributed by atoms with Crippen molar-refractivity contribution in [1.29, 1.82) is 0 Å². The first-order valence-corrected chi connectivity index (χ1v) is 6.98.